The van der Waals surface area contributed by atoms with Crippen molar-refractivity contribution >= 4 is 46.4 Å². The first-order chi connectivity index (χ1) is 11.9. The largest absolute Gasteiger partial charge is 0.326 e. The molecule has 2 aromatic carbocycles. The van der Waals surface area contributed by atoms with Crippen LogP contribution in [0.15, 0.2) is 42.5 Å². The van der Waals surface area contributed by atoms with Gasteiger partial charge in [0.05, 0.1) is 22.3 Å². The molecule has 0 unspecified atom stereocenters. The van der Waals surface area contributed by atoms with Gasteiger partial charge < -0.3 is 10.2 Å². The first-order valence-corrected chi connectivity index (χ1v) is 8.19. The summed E-state index contributed by atoms with van der Waals surface area (Å²) in [7, 11) is 0. The number of hydrogen-bond donors (Lipinski definition) is 1. The van der Waals surface area contributed by atoms with Gasteiger partial charge in [-0.1, -0.05) is 23.2 Å². The lowest BCUT2D eigenvalue weighted by Crippen LogP contribution is -2.32. The Morgan fingerprint density at radius 1 is 1.16 bits per heavy atom. The molecule has 0 bridgehead atoms. The van der Waals surface area contributed by atoms with E-state index in [4.69, 9.17) is 28.5 Å². The summed E-state index contributed by atoms with van der Waals surface area (Å²) in [5.74, 6) is -0.476. The molecule has 0 aromatic heterocycles. The van der Waals surface area contributed by atoms with E-state index in [0.717, 1.165) is 0 Å². The number of carbonyl (C=O) groups is 2. The zero-order valence-electron chi connectivity index (χ0n) is 13.4. The maximum atomic E-state index is 12.1. The molecule has 5 nitrogen and oxygen atoms in total. The Hall–Kier alpha value is -2.55. The van der Waals surface area contributed by atoms with E-state index in [9.17, 15) is 9.59 Å². The average Bonchev–Trinajstić information content (AvgIpc) is 2.57. The summed E-state index contributed by atoms with van der Waals surface area (Å²) < 4.78 is 0. The van der Waals surface area contributed by atoms with Crippen molar-refractivity contribution in [2.24, 2.45) is 0 Å². The minimum absolute atomic E-state index is 0.0958. The molecule has 0 fully saturated rings. The summed E-state index contributed by atoms with van der Waals surface area (Å²) in [6.07, 6.45) is 0.0958. The molecule has 0 aliphatic carbocycles. The van der Waals surface area contributed by atoms with E-state index < -0.39 is 0 Å². The van der Waals surface area contributed by atoms with Gasteiger partial charge in [0.25, 0.3) is 0 Å². The van der Waals surface area contributed by atoms with Crippen LogP contribution in [0.5, 0.6) is 0 Å². The zero-order valence-corrected chi connectivity index (χ0v) is 14.9. The lowest BCUT2D eigenvalue weighted by molar-refractivity contribution is -0.117. The molecule has 0 heterocycles. The van der Waals surface area contributed by atoms with Crippen molar-refractivity contribution in [1.29, 1.82) is 5.26 Å². The van der Waals surface area contributed by atoms with Gasteiger partial charge in [-0.3, -0.25) is 9.59 Å². The van der Waals surface area contributed by atoms with Gasteiger partial charge >= 0.3 is 0 Å². The Kier molecular flexibility index (Phi) is 6.40. The number of rotatable bonds is 5. The van der Waals surface area contributed by atoms with Gasteiger partial charge in [0, 0.05) is 30.6 Å². The molecule has 0 atom stereocenters. The zero-order chi connectivity index (χ0) is 18.4. The molecule has 0 saturated carbocycles. The van der Waals surface area contributed by atoms with Gasteiger partial charge in [-0.25, -0.2) is 0 Å². The van der Waals surface area contributed by atoms with E-state index in [-0.39, 0.29) is 24.8 Å². The van der Waals surface area contributed by atoms with Crippen LogP contribution in [0.2, 0.25) is 10.0 Å². The molecule has 25 heavy (non-hydrogen) atoms. The van der Waals surface area contributed by atoms with E-state index in [1.165, 1.54) is 11.8 Å². The number of carbonyl (C=O) groups excluding carboxylic acids is 2. The maximum Gasteiger partial charge on any atom is 0.226 e. The van der Waals surface area contributed by atoms with Crippen molar-refractivity contribution in [1.82, 2.24) is 0 Å². The normalized spacial score (nSPS) is 10.0. The number of nitrogens with zero attached hydrogens (tertiary/aromatic N) is 2. The van der Waals surface area contributed by atoms with Gasteiger partial charge in [0.2, 0.25) is 11.8 Å². The fourth-order valence-corrected chi connectivity index (χ4v) is 2.72. The molecule has 0 aliphatic rings. The van der Waals surface area contributed by atoms with Crippen molar-refractivity contribution in [2.45, 2.75) is 13.3 Å². The van der Waals surface area contributed by atoms with Crippen LogP contribution in [0.1, 0.15) is 18.9 Å². The third-order valence-corrected chi connectivity index (χ3v) is 3.98. The second-order valence-electron chi connectivity index (χ2n) is 5.25. The second kappa shape index (κ2) is 8.52. The molecular weight excluding hydrogens is 361 g/mol. The van der Waals surface area contributed by atoms with Crippen LogP contribution in [0.4, 0.5) is 11.4 Å². The number of benzene rings is 2. The molecule has 2 amide bonds. The number of hydrogen-bond acceptors (Lipinski definition) is 3. The Balaban J connectivity index is 2.01. The molecule has 128 valence electrons. The summed E-state index contributed by atoms with van der Waals surface area (Å²) in [4.78, 5) is 25.4. The lowest BCUT2D eigenvalue weighted by atomic mass is 10.2. The molecule has 2 rings (SSSR count). The standard InChI is InChI=1S/C18H15Cl2N3O2/c1-12(24)23(17-7-4-14(19)10-16(17)20)9-8-18(25)22-15-5-2-13(11-21)3-6-15/h2-7,10H,8-9H2,1H3,(H,22,25). The predicted octanol–water partition coefficient (Wildman–Crippen LogP) is 4.25. The highest BCUT2D eigenvalue weighted by molar-refractivity contribution is 6.36. The number of amides is 2. The van der Waals surface area contributed by atoms with Crippen LogP contribution in [-0.4, -0.2) is 18.4 Å². The number of halogens is 2. The minimum Gasteiger partial charge on any atom is -0.326 e. The first-order valence-electron chi connectivity index (χ1n) is 7.44. The molecule has 0 radical (unpaired) electrons. The maximum absolute atomic E-state index is 12.1. The molecule has 2 aromatic rings. The van der Waals surface area contributed by atoms with Crippen molar-refractivity contribution < 1.29 is 9.59 Å². The van der Waals surface area contributed by atoms with Crippen LogP contribution in [0.3, 0.4) is 0 Å². The molecular formula is C18H15Cl2N3O2. The third kappa shape index (κ3) is 5.21. The van der Waals surface area contributed by atoms with Crippen molar-refractivity contribution in [2.75, 3.05) is 16.8 Å². The van der Waals surface area contributed by atoms with Crippen molar-refractivity contribution in [3.63, 3.8) is 0 Å². The van der Waals surface area contributed by atoms with Gasteiger partial charge in [-0.2, -0.15) is 5.26 Å². The van der Waals surface area contributed by atoms with Gasteiger partial charge in [0.1, 0.15) is 0 Å². The molecule has 0 spiro atoms. The summed E-state index contributed by atoms with van der Waals surface area (Å²) in [5.41, 5.74) is 1.60. The van der Waals surface area contributed by atoms with Gasteiger partial charge in [0.15, 0.2) is 0 Å². The molecule has 0 saturated heterocycles. The summed E-state index contributed by atoms with van der Waals surface area (Å²) in [6, 6.07) is 13.4. The fourth-order valence-electron chi connectivity index (χ4n) is 2.21. The van der Waals surface area contributed by atoms with E-state index in [1.807, 2.05) is 6.07 Å². The monoisotopic (exact) mass is 375 g/mol. The van der Waals surface area contributed by atoms with Crippen LogP contribution in [0, 0.1) is 11.3 Å². The Bertz CT molecular complexity index is 829. The van der Waals surface area contributed by atoms with E-state index in [2.05, 4.69) is 5.32 Å². The Labute approximate surface area is 155 Å². The Morgan fingerprint density at radius 2 is 1.84 bits per heavy atom. The number of nitrogens with one attached hydrogen (secondary N) is 1. The summed E-state index contributed by atoms with van der Waals surface area (Å²) in [6.45, 7) is 1.59. The predicted molar refractivity (Wildman–Crippen MR) is 98.9 cm³/mol. The van der Waals surface area contributed by atoms with Gasteiger partial charge in [-0.05, 0) is 42.5 Å². The lowest BCUT2D eigenvalue weighted by Gasteiger charge is -2.22. The summed E-state index contributed by atoms with van der Waals surface area (Å²) >= 11 is 12.0. The van der Waals surface area contributed by atoms with Gasteiger partial charge in [-0.15, -0.1) is 0 Å². The number of anilines is 2. The topological polar surface area (TPSA) is 73.2 Å². The fraction of sp³-hybridized carbons (Fsp3) is 0.167. The van der Waals surface area contributed by atoms with E-state index in [1.54, 1.807) is 42.5 Å². The molecule has 1 N–H and O–H groups in total. The average molecular weight is 376 g/mol. The van der Waals surface area contributed by atoms with Crippen molar-refractivity contribution in [3.05, 3.63) is 58.1 Å². The first kappa shape index (κ1) is 18.8. The molecule has 0 aliphatic heterocycles. The quantitative estimate of drug-likeness (QED) is 0.848. The SMILES string of the molecule is CC(=O)N(CCC(=O)Nc1ccc(C#N)cc1)c1ccc(Cl)cc1Cl. The van der Waals surface area contributed by atoms with Crippen LogP contribution >= 0.6 is 23.2 Å². The third-order valence-electron chi connectivity index (χ3n) is 3.44. The highest BCUT2D eigenvalue weighted by atomic mass is 35.5. The Morgan fingerprint density at radius 3 is 2.40 bits per heavy atom. The highest BCUT2D eigenvalue weighted by Crippen LogP contribution is 2.29. The summed E-state index contributed by atoms with van der Waals surface area (Å²) in [5, 5.41) is 12.3. The molecule has 7 heteroatoms. The smallest absolute Gasteiger partial charge is 0.226 e. The number of nitriles is 1. The van der Waals surface area contributed by atoms with Crippen LogP contribution < -0.4 is 10.2 Å². The minimum atomic E-state index is -0.249. The van der Waals surface area contributed by atoms with E-state index >= 15 is 0 Å². The van der Waals surface area contributed by atoms with E-state index in [0.29, 0.717) is 27.0 Å². The second-order valence-corrected chi connectivity index (χ2v) is 6.10. The van der Waals surface area contributed by atoms with Crippen LogP contribution in [0.25, 0.3) is 0 Å². The highest BCUT2D eigenvalue weighted by Gasteiger charge is 2.16. The van der Waals surface area contributed by atoms with Crippen LogP contribution in [-0.2, 0) is 9.59 Å². The van der Waals surface area contributed by atoms with Crippen molar-refractivity contribution in [3.8, 4) is 6.07 Å².